The second-order valence-corrected chi connectivity index (χ2v) is 7.07. The summed E-state index contributed by atoms with van der Waals surface area (Å²) < 4.78 is 0. The Bertz CT molecular complexity index is 526. The third-order valence-electron chi connectivity index (χ3n) is 3.84. The second kappa shape index (κ2) is 10.7. The molecule has 6 nitrogen and oxygen atoms in total. The topological polar surface area (TPSA) is 78.9 Å². The lowest BCUT2D eigenvalue weighted by Crippen LogP contribution is -2.45. The van der Waals surface area contributed by atoms with Gasteiger partial charge in [-0.1, -0.05) is 43.2 Å². The molecule has 0 aliphatic carbocycles. The SMILES string of the molecule is CC(C)(C)N(CCCCCCC(=O)NOCc1ccccc1)C(=O)O. The number of hydroxylamine groups is 1. The first-order chi connectivity index (χ1) is 11.8. The first-order valence-corrected chi connectivity index (χ1v) is 8.76. The van der Waals surface area contributed by atoms with Gasteiger partial charge in [-0.3, -0.25) is 9.63 Å². The molecule has 0 aliphatic rings. The number of nitrogens with one attached hydrogen (secondary N) is 1. The molecule has 6 heteroatoms. The summed E-state index contributed by atoms with van der Waals surface area (Å²) in [7, 11) is 0. The number of amides is 2. The van der Waals surface area contributed by atoms with Crippen LogP contribution in [0.1, 0.15) is 58.4 Å². The van der Waals surface area contributed by atoms with Crippen LogP contribution in [-0.4, -0.2) is 34.1 Å². The zero-order valence-corrected chi connectivity index (χ0v) is 15.5. The Balaban J connectivity index is 2.07. The molecule has 1 aromatic carbocycles. The second-order valence-electron chi connectivity index (χ2n) is 7.07. The molecule has 0 heterocycles. The van der Waals surface area contributed by atoms with Crippen LogP contribution in [0, 0.1) is 0 Å². The first-order valence-electron chi connectivity index (χ1n) is 8.76. The molecule has 0 saturated heterocycles. The maximum absolute atomic E-state index is 11.7. The smallest absolute Gasteiger partial charge is 0.407 e. The summed E-state index contributed by atoms with van der Waals surface area (Å²) in [5, 5.41) is 9.21. The van der Waals surface area contributed by atoms with Gasteiger partial charge in [0.15, 0.2) is 0 Å². The van der Waals surface area contributed by atoms with Crippen molar-refractivity contribution < 1.29 is 19.5 Å². The summed E-state index contributed by atoms with van der Waals surface area (Å²) in [4.78, 5) is 29.5. The minimum absolute atomic E-state index is 0.127. The highest BCUT2D eigenvalue weighted by Crippen LogP contribution is 2.15. The minimum atomic E-state index is -0.887. The van der Waals surface area contributed by atoms with Crippen molar-refractivity contribution in [2.75, 3.05) is 6.54 Å². The van der Waals surface area contributed by atoms with Crippen molar-refractivity contribution in [3.63, 3.8) is 0 Å². The van der Waals surface area contributed by atoms with Crippen LogP contribution < -0.4 is 5.48 Å². The van der Waals surface area contributed by atoms with Crippen molar-refractivity contribution in [1.82, 2.24) is 10.4 Å². The maximum atomic E-state index is 11.7. The summed E-state index contributed by atoms with van der Waals surface area (Å²) in [6.45, 7) is 6.54. The van der Waals surface area contributed by atoms with E-state index < -0.39 is 6.09 Å². The van der Waals surface area contributed by atoms with Crippen molar-refractivity contribution in [3.8, 4) is 0 Å². The van der Waals surface area contributed by atoms with E-state index in [1.54, 1.807) is 0 Å². The molecule has 0 unspecified atom stereocenters. The van der Waals surface area contributed by atoms with Crippen LogP contribution in [0.4, 0.5) is 4.79 Å². The van der Waals surface area contributed by atoms with E-state index in [4.69, 9.17) is 4.84 Å². The number of hydrogen-bond donors (Lipinski definition) is 2. The van der Waals surface area contributed by atoms with Crippen molar-refractivity contribution in [2.24, 2.45) is 0 Å². The van der Waals surface area contributed by atoms with Crippen LogP contribution >= 0.6 is 0 Å². The van der Waals surface area contributed by atoms with E-state index in [0.717, 1.165) is 31.2 Å². The molecule has 140 valence electrons. The highest BCUT2D eigenvalue weighted by Gasteiger charge is 2.25. The van der Waals surface area contributed by atoms with E-state index in [2.05, 4.69) is 5.48 Å². The van der Waals surface area contributed by atoms with Gasteiger partial charge in [0.1, 0.15) is 0 Å². The lowest BCUT2D eigenvalue weighted by molar-refractivity contribution is -0.134. The van der Waals surface area contributed by atoms with E-state index in [-0.39, 0.29) is 11.4 Å². The molecule has 2 N–H and O–H groups in total. The number of carbonyl (C=O) groups is 2. The van der Waals surface area contributed by atoms with Gasteiger partial charge in [0.25, 0.3) is 0 Å². The number of benzene rings is 1. The number of hydrogen-bond acceptors (Lipinski definition) is 3. The van der Waals surface area contributed by atoms with Crippen molar-refractivity contribution >= 4 is 12.0 Å². The number of nitrogens with zero attached hydrogens (tertiary/aromatic N) is 1. The fraction of sp³-hybridized carbons (Fsp3) is 0.579. The number of carboxylic acid groups (broad SMARTS) is 1. The zero-order valence-electron chi connectivity index (χ0n) is 15.5. The fourth-order valence-electron chi connectivity index (χ4n) is 2.45. The molecule has 1 rings (SSSR count). The molecule has 0 bridgehead atoms. The number of carbonyl (C=O) groups excluding carboxylic acids is 1. The van der Waals surface area contributed by atoms with Gasteiger partial charge in [-0.2, -0.15) is 0 Å². The lowest BCUT2D eigenvalue weighted by atomic mass is 10.1. The molecule has 0 spiro atoms. The monoisotopic (exact) mass is 350 g/mol. The predicted octanol–water partition coefficient (Wildman–Crippen LogP) is 3.96. The predicted molar refractivity (Wildman–Crippen MR) is 96.9 cm³/mol. The van der Waals surface area contributed by atoms with Crippen molar-refractivity contribution in [2.45, 2.75) is 65.0 Å². The van der Waals surface area contributed by atoms with Gasteiger partial charge in [-0.15, -0.1) is 0 Å². The molecule has 0 aliphatic heterocycles. The largest absolute Gasteiger partial charge is 0.465 e. The number of unbranched alkanes of at least 4 members (excludes halogenated alkanes) is 3. The molecule has 0 aromatic heterocycles. The molecule has 0 radical (unpaired) electrons. The summed E-state index contributed by atoms with van der Waals surface area (Å²) in [5.41, 5.74) is 3.07. The zero-order chi connectivity index (χ0) is 18.7. The molecule has 0 fully saturated rings. The highest BCUT2D eigenvalue weighted by molar-refractivity contribution is 5.74. The van der Waals surface area contributed by atoms with Crippen LogP contribution in [-0.2, 0) is 16.2 Å². The van der Waals surface area contributed by atoms with Gasteiger partial charge in [-0.05, 0) is 39.2 Å². The Kier molecular flexibility index (Phi) is 8.99. The van der Waals surface area contributed by atoms with Crippen LogP contribution in [0.15, 0.2) is 30.3 Å². The van der Waals surface area contributed by atoms with E-state index >= 15 is 0 Å². The minimum Gasteiger partial charge on any atom is -0.465 e. The van der Waals surface area contributed by atoms with Gasteiger partial charge >= 0.3 is 6.09 Å². The van der Waals surface area contributed by atoms with Crippen LogP contribution in [0.3, 0.4) is 0 Å². The van der Waals surface area contributed by atoms with Crippen LogP contribution in [0.25, 0.3) is 0 Å². The molecular weight excluding hydrogens is 320 g/mol. The quantitative estimate of drug-likeness (QED) is 0.494. The molecule has 25 heavy (non-hydrogen) atoms. The molecule has 0 saturated carbocycles. The van der Waals surface area contributed by atoms with Gasteiger partial charge in [-0.25, -0.2) is 10.3 Å². The van der Waals surface area contributed by atoms with Gasteiger partial charge in [0.2, 0.25) is 5.91 Å². The summed E-state index contributed by atoms with van der Waals surface area (Å²) >= 11 is 0. The van der Waals surface area contributed by atoms with Crippen molar-refractivity contribution in [3.05, 3.63) is 35.9 Å². The average Bonchev–Trinajstić information content (AvgIpc) is 2.53. The summed E-state index contributed by atoms with van der Waals surface area (Å²) in [6.07, 6.45) is 2.89. The molecule has 0 atom stereocenters. The van der Waals surface area contributed by atoms with Gasteiger partial charge in [0, 0.05) is 18.5 Å². The maximum Gasteiger partial charge on any atom is 0.407 e. The normalized spacial score (nSPS) is 11.2. The third kappa shape index (κ3) is 9.10. The molecule has 1 aromatic rings. The summed E-state index contributed by atoms with van der Waals surface area (Å²) in [6, 6.07) is 9.64. The molecule has 2 amide bonds. The Hall–Kier alpha value is -2.08. The van der Waals surface area contributed by atoms with E-state index in [1.807, 2.05) is 51.1 Å². The van der Waals surface area contributed by atoms with E-state index in [1.165, 1.54) is 4.90 Å². The van der Waals surface area contributed by atoms with Crippen LogP contribution in [0.5, 0.6) is 0 Å². The standard InChI is InChI=1S/C19H30N2O4/c1-19(2,3)21(18(23)24)14-10-5-4-9-13-17(22)20-25-15-16-11-7-6-8-12-16/h6-8,11-12H,4-5,9-10,13-15H2,1-3H3,(H,20,22)(H,23,24). The summed E-state index contributed by atoms with van der Waals surface area (Å²) in [5.74, 6) is -0.127. The van der Waals surface area contributed by atoms with E-state index in [0.29, 0.717) is 19.6 Å². The molecular formula is C19H30N2O4. The first kappa shape index (κ1) is 21.0. The Morgan fingerprint density at radius 1 is 1.08 bits per heavy atom. The fourth-order valence-corrected chi connectivity index (χ4v) is 2.45. The van der Waals surface area contributed by atoms with E-state index in [9.17, 15) is 14.7 Å². The Morgan fingerprint density at radius 2 is 1.72 bits per heavy atom. The van der Waals surface area contributed by atoms with Crippen molar-refractivity contribution in [1.29, 1.82) is 0 Å². The lowest BCUT2D eigenvalue weighted by Gasteiger charge is -2.33. The number of rotatable bonds is 10. The van der Waals surface area contributed by atoms with Gasteiger partial charge in [0.05, 0.1) is 6.61 Å². The highest BCUT2D eigenvalue weighted by atomic mass is 16.6. The third-order valence-corrected chi connectivity index (χ3v) is 3.84. The average molecular weight is 350 g/mol. The Labute approximate surface area is 150 Å². The van der Waals surface area contributed by atoms with Crippen LogP contribution in [0.2, 0.25) is 0 Å². The Morgan fingerprint density at radius 3 is 2.32 bits per heavy atom. The van der Waals surface area contributed by atoms with Gasteiger partial charge < -0.3 is 10.0 Å².